The van der Waals surface area contributed by atoms with Crippen LogP contribution in [0.3, 0.4) is 0 Å². The van der Waals surface area contributed by atoms with E-state index in [1.807, 2.05) is 120 Å². The Morgan fingerprint density at radius 3 is 2.11 bits per heavy atom. The highest BCUT2D eigenvalue weighted by molar-refractivity contribution is 8.76. The van der Waals surface area contributed by atoms with Gasteiger partial charge in [-0.05, 0) is 124 Å². The summed E-state index contributed by atoms with van der Waals surface area (Å²) in [5, 5.41) is 123. The first-order valence-corrected chi connectivity index (χ1v) is 49.4. The molecule has 22 N–H and O–H groups in total. The minimum Gasteiger partial charge on any atom is -0.507 e. The summed E-state index contributed by atoms with van der Waals surface area (Å²) in [5.74, 6) is -16.6. The molecule has 6 aromatic rings. The van der Waals surface area contributed by atoms with Gasteiger partial charge in [-0.2, -0.15) is 4.58 Å². The predicted octanol–water partition coefficient (Wildman–Crippen LogP) is 3.03. The van der Waals surface area contributed by atoms with E-state index in [9.17, 15) is 108 Å². The van der Waals surface area contributed by atoms with E-state index in [-0.39, 0.29) is 124 Å². The maximum Gasteiger partial charge on any atom is 0.326 e. The number of carboxylic acids is 2. The molecule has 40 nitrogen and oxygen atoms in total. The number of Topliss-reactive ketones (excluding diaryl/α,β-unsaturated/α-hetero) is 1. The first kappa shape index (κ1) is 106. The van der Waals surface area contributed by atoms with E-state index in [1.165, 1.54) is 32.2 Å². The number of nitrogens with two attached hydrogens (primary N) is 2. The van der Waals surface area contributed by atoms with Crippen LogP contribution in [0.1, 0.15) is 172 Å². The molecule has 756 valence electrons. The van der Waals surface area contributed by atoms with E-state index in [0.29, 0.717) is 12.8 Å². The van der Waals surface area contributed by atoms with Gasteiger partial charge in [-0.1, -0.05) is 133 Å². The number of nitrogens with zero attached hydrogens (tertiary/aromatic N) is 3. The SMILES string of the molecule is COc1cccc2c1C(=O)c1c(O)c3c(c(O)c1C2=O)C[C@@](O)(C(=O)CO)C[C@@H]3O[C@H]1C[C@H](NC(=O)CC[N+]2=C(/C=C/C=C/C=C/C=C3/N(CCC(=O)N[C@@H]4CSSC[C@@H](C(=O)NC(CCCCN)C(=O)O)NC(=O)C5CCCN5C(=O)[C@H](CO)NC(=O)[C@H](CC(=O)O)NC(=O)[C@H](CCCNC(=N)N)NC(=O)CNC4=O)c4ccc5ccccc5c4C3(C)C)C(C)(C)c3c2ccc2ccccc32)[C@H](O)[C@H](C)O1. The highest BCUT2D eigenvalue weighted by atomic mass is 33.1. The maximum absolute atomic E-state index is 14.8. The monoisotopic (exact) mass is 1990 g/mol. The van der Waals surface area contributed by atoms with Gasteiger partial charge in [0, 0.05) is 108 Å². The van der Waals surface area contributed by atoms with E-state index in [4.69, 9.17) is 31.1 Å². The molecule has 42 heteroatoms. The largest absolute Gasteiger partial charge is 0.507 e. The molecule has 0 radical (unpaired) electrons. The molecule has 0 aromatic heterocycles. The van der Waals surface area contributed by atoms with Crippen LogP contribution in [0, 0.1) is 5.41 Å². The number of benzene rings is 6. The van der Waals surface area contributed by atoms with Gasteiger partial charge in [0.15, 0.2) is 36.1 Å². The molecule has 3 saturated heterocycles. The number of aliphatic hydroxyl groups excluding tert-OH is 3. The number of ether oxygens (including phenoxy) is 3. The normalized spacial score (nSPS) is 24.3. The number of rotatable bonds is 31. The van der Waals surface area contributed by atoms with E-state index >= 15 is 0 Å². The van der Waals surface area contributed by atoms with E-state index in [1.54, 1.807) is 0 Å². The molecule has 3 fully saturated rings. The van der Waals surface area contributed by atoms with Crippen molar-refractivity contribution in [3.63, 3.8) is 0 Å². The topological polar surface area (TPSA) is 622 Å². The number of allylic oxidation sites excluding steroid dienone is 8. The Hall–Kier alpha value is -13.5. The quantitative estimate of drug-likeness (QED) is 0.00565. The van der Waals surface area contributed by atoms with Gasteiger partial charge in [0.05, 0.1) is 73.5 Å². The van der Waals surface area contributed by atoms with Crippen molar-refractivity contribution in [2.75, 3.05) is 76.0 Å². The number of aromatic hydroxyl groups is 2. The molecule has 13 atom stereocenters. The smallest absolute Gasteiger partial charge is 0.326 e. The van der Waals surface area contributed by atoms with Crippen molar-refractivity contribution in [1.29, 1.82) is 5.41 Å². The summed E-state index contributed by atoms with van der Waals surface area (Å²) < 4.78 is 20.2. The van der Waals surface area contributed by atoms with Crippen molar-refractivity contribution in [3.05, 3.63) is 184 Å². The fourth-order valence-electron chi connectivity index (χ4n) is 19.7. The number of amides is 9. The predicted molar refractivity (Wildman–Crippen MR) is 525 cm³/mol. The molecule has 0 spiro atoms. The molecule has 5 heterocycles. The van der Waals surface area contributed by atoms with Crippen molar-refractivity contribution in [2.24, 2.45) is 11.5 Å². The average molecular weight is 2000 g/mol. The third kappa shape index (κ3) is 23.3. The van der Waals surface area contributed by atoms with Crippen LogP contribution in [0.15, 0.2) is 139 Å². The zero-order chi connectivity index (χ0) is 103. The molecule has 2 aliphatic carbocycles. The number of aliphatic hydroxyl groups is 4. The van der Waals surface area contributed by atoms with Crippen molar-refractivity contribution in [2.45, 2.75) is 207 Å². The highest BCUT2D eigenvalue weighted by Crippen LogP contribution is 2.55. The number of unbranched alkanes of at least 4 members (excludes halogenated alkanes) is 1. The molecule has 142 heavy (non-hydrogen) atoms. The number of anilines is 1. The van der Waals surface area contributed by atoms with Crippen molar-refractivity contribution >= 4 is 149 Å². The Bertz CT molecular complexity index is 6140. The lowest BCUT2D eigenvalue weighted by Gasteiger charge is -2.43. The molecule has 0 saturated carbocycles. The van der Waals surface area contributed by atoms with Crippen LogP contribution in [-0.2, 0) is 84.3 Å². The first-order chi connectivity index (χ1) is 67.7. The minimum absolute atomic E-state index is 0.00358. The van der Waals surface area contributed by atoms with Crippen LogP contribution in [0.2, 0.25) is 0 Å². The number of hydrogen-bond acceptors (Lipinski definition) is 28. The number of hydrogen-bond donors (Lipinski definition) is 20. The number of guanidine groups is 1. The van der Waals surface area contributed by atoms with Gasteiger partial charge < -0.3 is 124 Å². The molecule has 13 rings (SSSR count). The van der Waals surface area contributed by atoms with Crippen LogP contribution in [0.5, 0.6) is 17.2 Å². The van der Waals surface area contributed by atoms with Gasteiger partial charge >= 0.3 is 11.9 Å². The van der Waals surface area contributed by atoms with Crippen molar-refractivity contribution < 1.29 is 127 Å². The Morgan fingerprint density at radius 2 is 1.42 bits per heavy atom. The van der Waals surface area contributed by atoms with Gasteiger partial charge in [-0.25, -0.2) is 4.79 Å². The Balaban J connectivity index is 0.736. The van der Waals surface area contributed by atoms with Gasteiger partial charge in [0.2, 0.25) is 64.6 Å². The van der Waals surface area contributed by atoms with Crippen molar-refractivity contribution in [1.82, 2.24) is 52.8 Å². The summed E-state index contributed by atoms with van der Waals surface area (Å²) >= 11 is 0. The number of methoxy groups -OCH3 is 1. The van der Waals surface area contributed by atoms with Crippen LogP contribution < -0.4 is 69.0 Å². The number of phenolic OH excluding ortho intramolecular Hbond substituents is 2. The van der Waals surface area contributed by atoms with Crippen LogP contribution >= 0.6 is 21.6 Å². The number of ketones is 3. The summed E-state index contributed by atoms with van der Waals surface area (Å²) in [6.45, 7) is 7.09. The minimum atomic E-state index is -2.45. The van der Waals surface area contributed by atoms with Gasteiger partial charge in [-0.15, -0.1) is 0 Å². The van der Waals surface area contributed by atoms with E-state index < -0.39 is 239 Å². The zero-order valence-corrected chi connectivity index (χ0v) is 80.9. The highest BCUT2D eigenvalue weighted by Gasteiger charge is 2.53. The van der Waals surface area contributed by atoms with Gasteiger partial charge in [0.25, 0.3) is 0 Å². The summed E-state index contributed by atoms with van der Waals surface area (Å²) in [7, 11) is 3.20. The molecule has 7 aliphatic rings. The number of carbonyl (C=O) groups is 14. The lowest BCUT2D eigenvalue weighted by molar-refractivity contribution is -0.436. The maximum atomic E-state index is 14.8. The van der Waals surface area contributed by atoms with Crippen LogP contribution in [0.25, 0.3) is 21.5 Å². The second-order valence-corrected chi connectivity index (χ2v) is 39.6. The lowest BCUT2D eigenvalue weighted by atomic mass is 9.72. The first-order valence-electron chi connectivity index (χ1n) is 46.9. The van der Waals surface area contributed by atoms with Gasteiger partial charge in [0.1, 0.15) is 77.9 Å². The zero-order valence-electron chi connectivity index (χ0n) is 79.2. The summed E-state index contributed by atoms with van der Waals surface area (Å²) in [4.78, 5) is 199. The summed E-state index contributed by atoms with van der Waals surface area (Å²) in [6.07, 6.45) is 5.58. The second-order valence-electron chi connectivity index (χ2n) is 37.0. The fraction of sp³-hybridized carbons (Fsp3) is 0.440. The van der Waals surface area contributed by atoms with Crippen LogP contribution in [0.4, 0.5) is 11.4 Å². The molecule has 5 aliphatic heterocycles. The van der Waals surface area contributed by atoms with Gasteiger partial charge in [-0.3, -0.25) is 67.7 Å². The lowest BCUT2D eigenvalue weighted by Crippen LogP contribution is -2.60. The molecular formula is C100H120N15O25S2+. The molecule has 6 aromatic carbocycles. The second kappa shape index (κ2) is 46.1. The molecule has 2 unspecified atom stereocenters. The number of carboxylic acid groups (broad SMARTS) is 2. The summed E-state index contributed by atoms with van der Waals surface area (Å²) in [5.41, 5.74) is 10.6. The Morgan fingerprint density at radius 1 is 0.739 bits per heavy atom. The number of carbonyl (C=O) groups excluding carboxylic acids is 12. The number of phenols is 2. The van der Waals surface area contributed by atoms with E-state index in [2.05, 4.69) is 80.1 Å². The Labute approximate surface area is 825 Å². The third-order valence-electron chi connectivity index (χ3n) is 26.8. The molecule has 0 bridgehead atoms. The van der Waals surface area contributed by atoms with Crippen molar-refractivity contribution in [3.8, 4) is 17.2 Å². The number of aliphatic carboxylic acids is 2. The fourth-order valence-corrected chi connectivity index (χ4v) is 22.0. The van der Waals surface area contributed by atoms with Crippen LogP contribution in [-0.4, -0.2) is 288 Å². The molecular weight excluding hydrogens is 1880 g/mol. The standard InChI is InChI=1S/C100H119N15O25S2/c1-52-85(124)61(44-78(139-52)140-70-46-100(137,73(118)49-117)45-58-80(70)89(128)82-81(87(58)126)86(125)57-25-18-29-69(138-6)79(57)88(82)127)107-74(119)36-41-113-66-34-32-53-21-12-14-23-55(53)83(66)98(2,3)71(113)30-10-8-7-9-11-31-72-99(4,5)84-56-24-15-13-22-54(56)33-35-67(84)114(72)42-37-75(120)108-64-50-141-142-51-65(93(132)109-60(96(135)136)26-16-17-38-101)112-94(133)68-28-20-40-115(68)95(134)63(48-116)111-92(131)62(43-77(122)123)110-91(130)59(27-19-39-104-97(102)103)106-76(121)47-105-90(64)129/h7-15,18,21-25,29-35,52,59-65,68,70,78,85,116-117,124,137H,16-17,19-20,26-28,36-51,101H2,1-6H3,(H15-,102,103,104,105,106,107,108,109,110,111,112,119,120,121,122,123,125,126,127,128,129,130,131,132,133,135,136)/p+1/t52-,59-,60?,61-,62-,63-,64+,65-,68?,70-,78-,85+,100-/m0/s1. The van der Waals surface area contributed by atoms with E-state index in [0.717, 1.165) is 81.9 Å². The summed E-state index contributed by atoms with van der Waals surface area (Å²) in [6, 6.07) is 15.9. The number of nitrogens with one attached hydrogen (secondary N) is 10. The Kier molecular flexibility index (Phi) is 34.3. The third-order valence-corrected chi connectivity index (χ3v) is 29.2. The number of fused-ring (bicyclic) bond motifs is 10. The average Bonchev–Trinajstić information content (AvgIpc) is 1.35. The molecule has 9 amide bonds.